The van der Waals surface area contributed by atoms with Gasteiger partial charge in [-0.05, 0) is 18.6 Å². The van der Waals surface area contributed by atoms with Crippen LogP contribution >= 0.6 is 15.9 Å². The molecule has 0 radical (unpaired) electrons. The maximum absolute atomic E-state index is 14.7. The van der Waals surface area contributed by atoms with E-state index in [1.807, 2.05) is 0 Å². The second kappa shape index (κ2) is 28.3. The highest BCUT2D eigenvalue weighted by Gasteiger charge is 2.57. The molecule has 10 rings (SSSR count). The van der Waals surface area contributed by atoms with E-state index in [0.717, 1.165) is 0 Å². The third-order valence-electron chi connectivity index (χ3n) is 16.7. The number of halogens is 1. The topological polar surface area (TPSA) is 385 Å². The summed E-state index contributed by atoms with van der Waals surface area (Å²) in [6.45, 7) is 1.39. The van der Waals surface area contributed by atoms with E-state index in [4.69, 9.17) is 42.6 Å². The Balaban J connectivity index is 0.764. The number of benzene rings is 3. The number of rotatable bonds is 24. The van der Waals surface area contributed by atoms with Crippen LogP contribution in [-0.4, -0.2) is 231 Å². The van der Waals surface area contributed by atoms with Gasteiger partial charge >= 0.3 is 0 Å². The van der Waals surface area contributed by atoms with Crippen LogP contribution in [0.1, 0.15) is 80.8 Å². The van der Waals surface area contributed by atoms with Crippen molar-refractivity contribution in [1.82, 2.24) is 42.1 Å². The van der Waals surface area contributed by atoms with Gasteiger partial charge in [0.1, 0.15) is 47.2 Å². The molecule has 3 aromatic carbocycles. The molecule has 10 N–H and O–H groups in total. The monoisotopic (exact) mass is 1310 g/mol. The van der Waals surface area contributed by atoms with Crippen LogP contribution in [0.15, 0.2) is 48.5 Å². The molecule has 0 bridgehead atoms. The smallest absolute Gasteiger partial charge is 0.252 e. The fourth-order valence-corrected chi connectivity index (χ4v) is 12.7. The minimum absolute atomic E-state index is 0.0132. The Morgan fingerprint density at radius 2 is 1.47 bits per heavy atom. The lowest BCUT2D eigenvalue weighted by Gasteiger charge is -2.43. The van der Waals surface area contributed by atoms with Crippen molar-refractivity contribution < 1.29 is 101 Å². The first-order valence-electron chi connectivity index (χ1n) is 29.1. The maximum Gasteiger partial charge on any atom is 0.252 e. The molecule has 0 spiro atoms. The summed E-state index contributed by atoms with van der Waals surface area (Å²) in [6, 6.07) is 9.93. The number of carbonyl (C=O) groups excluding carboxylic acids is 9. The first-order valence-corrected chi connectivity index (χ1v) is 30.3. The van der Waals surface area contributed by atoms with E-state index in [1.165, 1.54) is 32.4 Å². The number of aromatic hydroxyl groups is 2. The number of amides is 7. The summed E-state index contributed by atoms with van der Waals surface area (Å²) in [4.78, 5) is 122. The number of hydrogen-bond donors (Lipinski definition) is 10. The van der Waals surface area contributed by atoms with Gasteiger partial charge in [0.05, 0.1) is 106 Å². The first-order chi connectivity index (χ1) is 42.8. The van der Waals surface area contributed by atoms with Crippen molar-refractivity contribution in [2.45, 2.75) is 118 Å². The molecule has 5 saturated heterocycles. The van der Waals surface area contributed by atoms with Gasteiger partial charge in [0, 0.05) is 75.0 Å². The Kier molecular flexibility index (Phi) is 20.6. The first kappa shape index (κ1) is 64.7. The lowest BCUT2D eigenvalue weighted by molar-refractivity contribution is -0.256. The molecule has 3 aromatic rings. The van der Waals surface area contributed by atoms with Gasteiger partial charge < -0.3 is 95.2 Å². The quantitative estimate of drug-likeness (QED) is 0.0204. The number of aliphatic hydroxyl groups is 1. The lowest BCUT2D eigenvalue weighted by Crippen LogP contribution is -2.57. The Morgan fingerprint density at radius 1 is 0.764 bits per heavy atom. The van der Waals surface area contributed by atoms with Gasteiger partial charge in [-0.15, -0.1) is 0 Å². The number of phenols is 2. The number of ether oxygens (including phenoxy) is 9. The molecular formula is C59H71BrN8O21. The molecule has 5 heterocycles. The fourth-order valence-electron chi connectivity index (χ4n) is 12.5. The van der Waals surface area contributed by atoms with Crippen LogP contribution in [0.4, 0.5) is 0 Å². The average molecular weight is 1310 g/mol. The highest BCUT2D eigenvalue weighted by atomic mass is 79.9. The molecule has 29 nitrogen and oxygen atoms in total. The van der Waals surface area contributed by atoms with Gasteiger partial charge in [0.2, 0.25) is 41.2 Å². The average Bonchev–Trinajstić information content (AvgIpc) is 1.79. The zero-order valence-corrected chi connectivity index (χ0v) is 50.5. The van der Waals surface area contributed by atoms with Crippen molar-refractivity contribution in [2.75, 3.05) is 85.3 Å². The highest BCUT2D eigenvalue weighted by Crippen LogP contribution is 2.53. The van der Waals surface area contributed by atoms with Gasteiger partial charge in [-0.1, -0.05) is 58.4 Å². The molecule has 2 aliphatic carbocycles. The van der Waals surface area contributed by atoms with E-state index >= 15 is 0 Å². The molecule has 480 valence electrons. The van der Waals surface area contributed by atoms with E-state index in [9.17, 15) is 58.5 Å². The third kappa shape index (κ3) is 14.1. The van der Waals surface area contributed by atoms with Crippen molar-refractivity contribution in [3.63, 3.8) is 0 Å². The Bertz CT molecular complexity index is 3220. The number of morpholine rings is 1. The number of phenolic OH excluding ortho intramolecular Hbond substituents is 2. The van der Waals surface area contributed by atoms with Crippen molar-refractivity contribution >= 4 is 68.8 Å². The summed E-state index contributed by atoms with van der Waals surface area (Å²) < 4.78 is 53.7. The van der Waals surface area contributed by atoms with E-state index in [2.05, 4.69) is 58.0 Å². The number of ketones is 2. The van der Waals surface area contributed by atoms with Crippen LogP contribution in [0.2, 0.25) is 0 Å². The van der Waals surface area contributed by atoms with Gasteiger partial charge in [0.25, 0.3) is 5.91 Å². The second-order valence-corrected chi connectivity index (χ2v) is 23.0. The highest BCUT2D eigenvalue weighted by molar-refractivity contribution is 9.09. The SMILES string of the molecule is COc1cccc2c1C(=O)c1c(O)c3c(c(O)c1C2=O)C[C@@](O)(C(=O)N[C@H]1CO[C@H]2[C@@H]1OC[C@@H]2NC(=O)CNC(=O)[C@H](Cc1ccccc1)NC(=O)CNC(=O)CNC(=O)CCOCCNC(=O)CBr)C[C@@H]3O[C@H]1C[C@H]2[C@H](O[C@@H]3[C@@H](OC)OCCN32)[C@H](C)O1. The largest absolute Gasteiger partial charge is 0.507 e. The molecule has 7 aliphatic rings. The number of nitrogens with one attached hydrogen (secondary N) is 7. The van der Waals surface area contributed by atoms with Crippen molar-refractivity contribution in [1.29, 1.82) is 0 Å². The molecular weight excluding hydrogens is 1240 g/mol. The van der Waals surface area contributed by atoms with Crippen LogP contribution < -0.4 is 42.0 Å². The fraction of sp³-hybridized carbons (Fsp3) is 0.542. The Labute approximate surface area is 518 Å². The number of fused-ring (bicyclic) bond motifs is 7. The van der Waals surface area contributed by atoms with Crippen LogP contribution in [0.3, 0.4) is 0 Å². The normalized spacial score (nSPS) is 27.7. The third-order valence-corrected chi connectivity index (χ3v) is 17.2. The predicted molar refractivity (Wildman–Crippen MR) is 308 cm³/mol. The van der Waals surface area contributed by atoms with Crippen LogP contribution in [0, 0.1) is 0 Å². The van der Waals surface area contributed by atoms with Gasteiger partial charge in [-0.3, -0.25) is 48.1 Å². The molecule has 7 amide bonds. The van der Waals surface area contributed by atoms with Crippen LogP contribution in [-0.2, 0) is 84.3 Å². The van der Waals surface area contributed by atoms with Gasteiger partial charge in [0.15, 0.2) is 24.6 Å². The minimum Gasteiger partial charge on any atom is -0.507 e. The van der Waals surface area contributed by atoms with Gasteiger partial charge in [-0.25, -0.2) is 0 Å². The molecule has 30 heteroatoms. The minimum atomic E-state index is -2.43. The molecule has 13 atom stereocenters. The lowest BCUT2D eigenvalue weighted by atomic mass is 9.72. The number of carbonyl (C=O) groups is 9. The molecule has 0 unspecified atom stereocenters. The molecule has 5 fully saturated rings. The van der Waals surface area contributed by atoms with E-state index in [1.54, 1.807) is 37.3 Å². The zero-order chi connectivity index (χ0) is 63.3. The summed E-state index contributed by atoms with van der Waals surface area (Å²) in [7, 11) is 2.84. The summed E-state index contributed by atoms with van der Waals surface area (Å²) in [5, 5.41) is 55.4. The zero-order valence-electron chi connectivity index (χ0n) is 48.9. The maximum atomic E-state index is 14.7. The summed E-state index contributed by atoms with van der Waals surface area (Å²) in [6.07, 6.45) is -7.49. The second-order valence-electron chi connectivity index (χ2n) is 22.5. The van der Waals surface area contributed by atoms with E-state index < -0.39 is 175 Å². The molecule has 5 aliphatic heterocycles. The van der Waals surface area contributed by atoms with Crippen molar-refractivity contribution in [2.24, 2.45) is 0 Å². The van der Waals surface area contributed by atoms with Crippen LogP contribution in [0.5, 0.6) is 17.2 Å². The molecule has 0 saturated carbocycles. The predicted octanol–water partition coefficient (Wildman–Crippen LogP) is -2.09. The van der Waals surface area contributed by atoms with Crippen molar-refractivity contribution in [3.05, 3.63) is 87.5 Å². The molecule has 89 heavy (non-hydrogen) atoms. The van der Waals surface area contributed by atoms with E-state index in [-0.39, 0.29) is 97.5 Å². The Hall–Kier alpha value is -7.23. The summed E-state index contributed by atoms with van der Waals surface area (Å²) >= 11 is 3.03. The summed E-state index contributed by atoms with van der Waals surface area (Å²) in [5.41, 5.74) is -3.37. The molecule has 0 aromatic heterocycles. The standard InChI is InChI=1S/C59H71BrN8O21/c1-28-52-35(68-14-17-84-57(82-3)56(68)89-52)19-43(87-28)88-37-21-59(80,20-31-45(37)51(77)47-46(49(31)75)48(74)30-10-7-11-36(81-2)44(30)50(47)76)58(79)67-34-27-86-53-33(26-85-54(34)53)66-42(73)25-64-55(78)32(18-29-8-5-4-6-9-29)65-41(72)24-63-40(71)23-62-38(69)12-15-83-16-13-61-39(70)22-60/h4-11,28,32-35,37,43,52-54,56-57,75,77,80H,12-27H2,1-3H3,(H,61,70)(H,62,69)(H,63,71)(H,64,78)(H,65,72)(H,66,73)(H,67,79)/t28-,32-,33-,34-,35-,37-,43-,52+,53+,54+,56+,57-,59-/m0/s1. The van der Waals surface area contributed by atoms with Gasteiger partial charge in [-0.2, -0.15) is 0 Å². The van der Waals surface area contributed by atoms with Crippen LogP contribution in [0.25, 0.3) is 0 Å². The number of hydrogen-bond acceptors (Lipinski definition) is 22. The van der Waals surface area contributed by atoms with E-state index in [0.29, 0.717) is 18.7 Å². The Morgan fingerprint density at radius 3 is 2.20 bits per heavy atom. The number of alkyl halides is 1. The number of methoxy groups -OCH3 is 2. The number of nitrogens with zero attached hydrogens (tertiary/aromatic N) is 1. The summed E-state index contributed by atoms with van der Waals surface area (Å²) in [5.74, 6) is -7.45. The van der Waals surface area contributed by atoms with Crippen molar-refractivity contribution in [3.8, 4) is 17.2 Å².